The predicted molar refractivity (Wildman–Crippen MR) is 118 cm³/mol. The summed E-state index contributed by atoms with van der Waals surface area (Å²) in [6, 6.07) is 14.0. The third kappa shape index (κ3) is 4.61. The molecule has 146 valence electrons. The summed E-state index contributed by atoms with van der Waals surface area (Å²) in [5, 5.41) is 6.87. The number of carbonyl (C=O) groups is 1. The van der Waals surface area contributed by atoms with Gasteiger partial charge < -0.3 is 5.32 Å². The lowest BCUT2D eigenvalue weighted by molar-refractivity contribution is -0.115. The number of aromatic nitrogens is 1. The number of nitrogens with zero attached hydrogens (tertiary/aromatic N) is 2. The zero-order chi connectivity index (χ0) is 20.3. The van der Waals surface area contributed by atoms with Crippen LogP contribution in [-0.2, 0) is 11.3 Å². The Bertz CT molecular complexity index is 985. The van der Waals surface area contributed by atoms with Crippen molar-refractivity contribution in [1.29, 1.82) is 0 Å². The highest BCUT2D eigenvalue weighted by Crippen LogP contribution is 2.32. The minimum atomic E-state index is -0.0507. The number of anilines is 2. The topological polar surface area (TPSA) is 45.2 Å². The molecule has 1 heterocycles. The van der Waals surface area contributed by atoms with Gasteiger partial charge in [0.1, 0.15) is 0 Å². The van der Waals surface area contributed by atoms with E-state index in [0.29, 0.717) is 11.7 Å². The second-order valence-electron chi connectivity index (χ2n) is 6.89. The molecule has 28 heavy (non-hydrogen) atoms. The summed E-state index contributed by atoms with van der Waals surface area (Å²) < 4.78 is 0. The number of benzene rings is 2. The van der Waals surface area contributed by atoms with Crippen molar-refractivity contribution in [2.75, 3.05) is 4.90 Å². The van der Waals surface area contributed by atoms with E-state index in [1.807, 2.05) is 55.6 Å². The van der Waals surface area contributed by atoms with Gasteiger partial charge in [-0.3, -0.25) is 9.69 Å². The third-order valence-electron chi connectivity index (χ3n) is 4.60. The molecule has 3 aromatic rings. The third-order valence-corrected chi connectivity index (χ3v) is 5.82. The number of carbonyl (C=O) groups excluding carboxylic acids is 1. The van der Waals surface area contributed by atoms with E-state index in [0.717, 1.165) is 27.5 Å². The average molecular weight is 414 g/mol. The number of thiazole rings is 1. The van der Waals surface area contributed by atoms with E-state index in [4.69, 9.17) is 11.6 Å². The van der Waals surface area contributed by atoms with E-state index in [9.17, 15) is 4.79 Å². The van der Waals surface area contributed by atoms with Gasteiger partial charge in [-0.1, -0.05) is 47.5 Å². The maximum atomic E-state index is 12.3. The molecule has 0 aliphatic rings. The second-order valence-corrected chi connectivity index (χ2v) is 8.13. The maximum absolute atomic E-state index is 12.3. The van der Waals surface area contributed by atoms with Gasteiger partial charge >= 0.3 is 0 Å². The first-order valence-electron chi connectivity index (χ1n) is 9.17. The molecule has 1 aromatic heterocycles. The fourth-order valence-corrected chi connectivity index (χ4v) is 4.32. The van der Waals surface area contributed by atoms with Gasteiger partial charge in [0.25, 0.3) is 0 Å². The first-order valence-corrected chi connectivity index (χ1v) is 10.4. The summed E-state index contributed by atoms with van der Waals surface area (Å²) in [4.78, 5) is 18.7. The van der Waals surface area contributed by atoms with Crippen LogP contribution >= 0.6 is 22.9 Å². The van der Waals surface area contributed by atoms with Crippen molar-refractivity contribution in [2.24, 2.45) is 0 Å². The first kappa shape index (κ1) is 20.5. The zero-order valence-electron chi connectivity index (χ0n) is 16.5. The molecule has 0 saturated heterocycles. The van der Waals surface area contributed by atoms with Crippen LogP contribution in [0.1, 0.15) is 42.3 Å². The lowest BCUT2D eigenvalue weighted by atomic mass is 10.1. The summed E-state index contributed by atoms with van der Waals surface area (Å²) in [5.74, 6) is -0.0507. The smallest absolute Gasteiger partial charge is 0.230 e. The number of rotatable bonds is 6. The van der Waals surface area contributed by atoms with Crippen LogP contribution in [0.3, 0.4) is 0 Å². The number of aryl methyl sites for hydroxylation is 2. The Morgan fingerprint density at radius 2 is 2.00 bits per heavy atom. The van der Waals surface area contributed by atoms with E-state index in [2.05, 4.69) is 23.3 Å². The van der Waals surface area contributed by atoms with Crippen molar-refractivity contribution >= 4 is 39.7 Å². The molecule has 0 aliphatic carbocycles. The fourth-order valence-electron chi connectivity index (χ4n) is 3.14. The standard InChI is InChI=1S/C22H24ClN3OS/c1-14-9-10-21(15(2)11-14)26(17(4)27)22-25-18(13-28-22)12-24-16(3)19-7-5-6-8-20(19)23/h5-11,13,16,24H,12H2,1-4H3/t16-/m0/s1. The maximum Gasteiger partial charge on any atom is 0.230 e. The van der Waals surface area contributed by atoms with Crippen molar-refractivity contribution < 1.29 is 4.79 Å². The second kappa shape index (κ2) is 8.86. The lowest BCUT2D eigenvalue weighted by Gasteiger charge is -2.20. The van der Waals surface area contributed by atoms with Gasteiger partial charge in [-0.15, -0.1) is 11.3 Å². The van der Waals surface area contributed by atoms with E-state index >= 15 is 0 Å². The predicted octanol–water partition coefficient (Wildman–Crippen LogP) is 5.95. The quantitative estimate of drug-likeness (QED) is 0.543. The molecule has 3 rings (SSSR count). The van der Waals surface area contributed by atoms with Crippen LogP contribution in [0.2, 0.25) is 5.02 Å². The van der Waals surface area contributed by atoms with Crippen LogP contribution < -0.4 is 10.2 Å². The Balaban J connectivity index is 1.76. The molecular formula is C22H24ClN3OS. The Hall–Kier alpha value is -2.21. The van der Waals surface area contributed by atoms with Crippen molar-refractivity contribution in [3.8, 4) is 0 Å². The van der Waals surface area contributed by atoms with Gasteiger partial charge in [0.05, 0.1) is 11.4 Å². The van der Waals surface area contributed by atoms with Crippen molar-refractivity contribution in [3.05, 3.63) is 75.3 Å². The van der Waals surface area contributed by atoms with Crippen LogP contribution in [0.15, 0.2) is 47.8 Å². The largest absolute Gasteiger partial charge is 0.304 e. The first-order chi connectivity index (χ1) is 13.4. The number of halogens is 1. The van der Waals surface area contributed by atoms with Crippen LogP contribution in [0.4, 0.5) is 10.8 Å². The van der Waals surface area contributed by atoms with E-state index in [1.54, 1.807) is 11.8 Å². The van der Waals surface area contributed by atoms with Gasteiger partial charge in [-0.2, -0.15) is 0 Å². The zero-order valence-corrected chi connectivity index (χ0v) is 18.1. The molecule has 0 fully saturated rings. The van der Waals surface area contributed by atoms with Crippen LogP contribution in [-0.4, -0.2) is 10.9 Å². The van der Waals surface area contributed by atoms with Crippen LogP contribution in [0.5, 0.6) is 0 Å². The molecule has 4 nitrogen and oxygen atoms in total. The van der Waals surface area contributed by atoms with Crippen LogP contribution in [0, 0.1) is 13.8 Å². The molecule has 1 N–H and O–H groups in total. The normalized spacial score (nSPS) is 12.0. The molecule has 0 saturated carbocycles. The molecular weight excluding hydrogens is 390 g/mol. The monoisotopic (exact) mass is 413 g/mol. The molecule has 0 bridgehead atoms. The minimum absolute atomic E-state index is 0.0507. The SMILES string of the molecule is CC(=O)N(c1nc(CN[C@@H](C)c2ccccc2Cl)cs1)c1ccc(C)cc1C. The van der Waals surface area contributed by atoms with Crippen LogP contribution in [0.25, 0.3) is 0 Å². The average Bonchev–Trinajstić information content (AvgIpc) is 3.10. The molecule has 0 spiro atoms. The number of hydrogen-bond donors (Lipinski definition) is 1. The number of amides is 1. The van der Waals surface area contributed by atoms with Gasteiger partial charge in [-0.05, 0) is 44.0 Å². The van der Waals surface area contributed by atoms with Crippen molar-refractivity contribution in [1.82, 2.24) is 10.3 Å². The highest BCUT2D eigenvalue weighted by Gasteiger charge is 2.20. The molecule has 0 aliphatic heterocycles. The summed E-state index contributed by atoms with van der Waals surface area (Å²) in [5.41, 5.74) is 5.05. The van der Waals surface area contributed by atoms with E-state index < -0.39 is 0 Å². The Morgan fingerprint density at radius 1 is 1.25 bits per heavy atom. The molecule has 0 unspecified atom stereocenters. The minimum Gasteiger partial charge on any atom is -0.304 e. The molecule has 1 atom stereocenters. The van der Waals surface area contributed by atoms with E-state index in [1.165, 1.54) is 16.9 Å². The highest BCUT2D eigenvalue weighted by atomic mass is 35.5. The Labute approximate surface area is 175 Å². The number of hydrogen-bond acceptors (Lipinski definition) is 4. The molecule has 1 amide bonds. The van der Waals surface area contributed by atoms with Gasteiger partial charge in [-0.25, -0.2) is 4.98 Å². The molecule has 2 aromatic carbocycles. The van der Waals surface area contributed by atoms with Crippen molar-refractivity contribution in [2.45, 2.75) is 40.3 Å². The van der Waals surface area contributed by atoms with Gasteiger partial charge in [0.15, 0.2) is 5.13 Å². The summed E-state index contributed by atoms with van der Waals surface area (Å²) in [6.07, 6.45) is 0. The fraction of sp³-hybridized carbons (Fsp3) is 0.273. The summed E-state index contributed by atoms with van der Waals surface area (Å²) >= 11 is 7.75. The molecule has 0 radical (unpaired) electrons. The Kier molecular flexibility index (Phi) is 6.50. The number of nitrogens with one attached hydrogen (secondary N) is 1. The summed E-state index contributed by atoms with van der Waals surface area (Å²) in [6.45, 7) is 8.30. The highest BCUT2D eigenvalue weighted by molar-refractivity contribution is 7.14. The summed E-state index contributed by atoms with van der Waals surface area (Å²) in [7, 11) is 0. The Morgan fingerprint density at radius 3 is 2.68 bits per heavy atom. The lowest BCUT2D eigenvalue weighted by Crippen LogP contribution is -2.24. The van der Waals surface area contributed by atoms with Gasteiger partial charge in [0, 0.05) is 29.9 Å². The molecule has 6 heteroatoms. The van der Waals surface area contributed by atoms with E-state index in [-0.39, 0.29) is 11.9 Å². The van der Waals surface area contributed by atoms with Crippen molar-refractivity contribution in [3.63, 3.8) is 0 Å². The van der Waals surface area contributed by atoms with Gasteiger partial charge in [0.2, 0.25) is 5.91 Å².